The lowest BCUT2D eigenvalue weighted by molar-refractivity contribution is -0.140. The van der Waals surface area contributed by atoms with Crippen LogP contribution < -0.4 is 0 Å². The zero-order valence-corrected chi connectivity index (χ0v) is 16.8. The molecule has 0 atom stereocenters. The molecule has 0 N–H and O–H groups in total. The maximum absolute atomic E-state index is 13.4. The van der Waals surface area contributed by atoms with Gasteiger partial charge < -0.3 is 9.80 Å². The van der Waals surface area contributed by atoms with Gasteiger partial charge in [-0.05, 0) is 43.4 Å². The summed E-state index contributed by atoms with van der Waals surface area (Å²) in [4.78, 5) is 43.2. The second kappa shape index (κ2) is 7.89. The Morgan fingerprint density at radius 2 is 1.89 bits per heavy atom. The van der Waals surface area contributed by atoms with Gasteiger partial charge >= 0.3 is 6.03 Å². The summed E-state index contributed by atoms with van der Waals surface area (Å²) >= 11 is 0. The Morgan fingerprint density at radius 1 is 1.21 bits per heavy atom. The second-order valence-corrected chi connectivity index (χ2v) is 8.06. The van der Waals surface area contributed by atoms with Crippen LogP contribution in [0.2, 0.25) is 0 Å². The van der Waals surface area contributed by atoms with Crippen molar-refractivity contribution in [2.24, 2.45) is 5.92 Å². The van der Waals surface area contributed by atoms with Gasteiger partial charge in [0, 0.05) is 26.2 Å². The molecule has 2 saturated heterocycles. The molecule has 2 heterocycles. The molecular formula is C21H28FN3O3. The number of piperidine rings is 1. The van der Waals surface area contributed by atoms with E-state index in [1.54, 1.807) is 28.9 Å². The summed E-state index contributed by atoms with van der Waals surface area (Å²) in [6.45, 7) is 7.57. The molecule has 0 saturated carbocycles. The van der Waals surface area contributed by atoms with Gasteiger partial charge in [0.05, 0.1) is 6.42 Å². The molecule has 1 aromatic rings. The van der Waals surface area contributed by atoms with Crippen LogP contribution in [0.4, 0.5) is 9.18 Å². The Kier molecular flexibility index (Phi) is 5.72. The highest BCUT2D eigenvalue weighted by Crippen LogP contribution is 2.37. The van der Waals surface area contributed by atoms with Crippen molar-refractivity contribution in [2.75, 3.05) is 26.2 Å². The van der Waals surface area contributed by atoms with Crippen molar-refractivity contribution in [3.63, 3.8) is 0 Å². The summed E-state index contributed by atoms with van der Waals surface area (Å²) in [6, 6.07) is 5.82. The number of halogens is 1. The van der Waals surface area contributed by atoms with Gasteiger partial charge in [0.2, 0.25) is 5.91 Å². The average molecular weight is 389 g/mol. The van der Waals surface area contributed by atoms with Crippen molar-refractivity contribution in [1.29, 1.82) is 0 Å². The summed E-state index contributed by atoms with van der Waals surface area (Å²) in [5.74, 6) is -0.335. The normalized spacial score (nSPS) is 19.2. The monoisotopic (exact) mass is 389 g/mol. The molecule has 7 heteroatoms. The number of hydrogen-bond donors (Lipinski definition) is 0. The maximum atomic E-state index is 13.4. The van der Waals surface area contributed by atoms with Crippen molar-refractivity contribution >= 4 is 17.8 Å². The number of nitrogens with zero attached hydrogens (tertiary/aromatic N) is 3. The van der Waals surface area contributed by atoms with Gasteiger partial charge in [-0.1, -0.05) is 26.0 Å². The van der Waals surface area contributed by atoms with E-state index in [0.717, 1.165) is 0 Å². The molecule has 2 aliphatic rings. The smallest absolute Gasteiger partial charge is 0.327 e. The van der Waals surface area contributed by atoms with Crippen LogP contribution in [-0.4, -0.2) is 64.3 Å². The number of rotatable bonds is 5. The highest BCUT2D eigenvalue weighted by Gasteiger charge is 2.57. The molecule has 1 spiro atoms. The van der Waals surface area contributed by atoms with E-state index < -0.39 is 5.54 Å². The van der Waals surface area contributed by atoms with E-state index in [0.29, 0.717) is 44.6 Å². The summed E-state index contributed by atoms with van der Waals surface area (Å²) in [5, 5.41) is 0. The molecule has 1 aromatic carbocycles. The zero-order valence-electron chi connectivity index (χ0n) is 16.8. The molecule has 0 unspecified atom stereocenters. The van der Waals surface area contributed by atoms with Gasteiger partial charge in [-0.15, -0.1) is 0 Å². The lowest BCUT2D eigenvalue weighted by atomic mass is 9.85. The van der Waals surface area contributed by atoms with Crippen LogP contribution in [0, 0.1) is 11.7 Å². The van der Waals surface area contributed by atoms with Crippen LogP contribution in [0.25, 0.3) is 0 Å². The minimum Gasteiger partial charge on any atom is -0.342 e. The van der Waals surface area contributed by atoms with E-state index in [9.17, 15) is 18.8 Å². The lowest BCUT2D eigenvalue weighted by Gasteiger charge is -2.42. The number of likely N-dealkylation sites (N-methyl/N-ethyl adjacent to an activating group) is 1. The summed E-state index contributed by atoms with van der Waals surface area (Å²) < 4.78 is 13.4. The Balaban J connectivity index is 1.72. The molecule has 0 radical (unpaired) electrons. The molecule has 4 amide bonds. The highest BCUT2D eigenvalue weighted by atomic mass is 19.1. The van der Waals surface area contributed by atoms with Crippen LogP contribution in [-0.2, 0) is 16.0 Å². The first-order chi connectivity index (χ1) is 13.3. The fourth-order valence-electron chi connectivity index (χ4n) is 4.22. The number of amides is 4. The number of carbonyl (C=O) groups is 3. The number of imide groups is 1. The van der Waals surface area contributed by atoms with Gasteiger partial charge in [-0.2, -0.15) is 0 Å². The standard InChI is InChI=1S/C21H28FN3O3/c1-4-24-19(27)21(25(20(24)28)14-15(2)3)8-10-23(11-9-21)18(26)13-16-6-5-7-17(22)12-16/h5-7,12,15H,4,8-11,13-14H2,1-3H3. The van der Waals surface area contributed by atoms with Gasteiger partial charge in [0.1, 0.15) is 11.4 Å². The quantitative estimate of drug-likeness (QED) is 0.728. The van der Waals surface area contributed by atoms with Crippen molar-refractivity contribution < 1.29 is 18.8 Å². The van der Waals surface area contributed by atoms with Crippen LogP contribution >= 0.6 is 0 Å². The Bertz CT molecular complexity index is 772. The molecule has 2 fully saturated rings. The van der Waals surface area contributed by atoms with Crippen LogP contribution in [0.3, 0.4) is 0 Å². The minimum absolute atomic E-state index is 0.0834. The predicted octanol–water partition coefficient (Wildman–Crippen LogP) is 2.67. The Hall–Kier alpha value is -2.44. The highest BCUT2D eigenvalue weighted by molar-refractivity contribution is 6.07. The lowest BCUT2D eigenvalue weighted by Crippen LogP contribution is -2.58. The fourth-order valence-corrected chi connectivity index (χ4v) is 4.22. The molecule has 0 bridgehead atoms. The second-order valence-electron chi connectivity index (χ2n) is 8.06. The topological polar surface area (TPSA) is 60.9 Å². The van der Waals surface area contributed by atoms with E-state index in [1.807, 2.05) is 13.8 Å². The van der Waals surface area contributed by atoms with Crippen LogP contribution in [0.1, 0.15) is 39.2 Å². The van der Waals surface area contributed by atoms with Crippen molar-refractivity contribution in [1.82, 2.24) is 14.7 Å². The molecule has 0 aromatic heterocycles. The van der Waals surface area contributed by atoms with Crippen LogP contribution in [0.15, 0.2) is 24.3 Å². The Morgan fingerprint density at radius 3 is 2.46 bits per heavy atom. The van der Waals surface area contributed by atoms with Crippen LogP contribution in [0.5, 0.6) is 0 Å². The van der Waals surface area contributed by atoms with E-state index in [2.05, 4.69) is 0 Å². The molecule has 28 heavy (non-hydrogen) atoms. The van der Waals surface area contributed by atoms with Crippen molar-refractivity contribution in [2.45, 2.75) is 45.6 Å². The van der Waals surface area contributed by atoms with Gasteiger partial charge in [0.25, 0.3) is 5.91 Å². The molecule has 3 rings (SSSR count). The average Bonchev–Trinajstić information content (AvgIpc) is 2.83. The molecule has 0 aliphatic carbocycles. The number of benzene rings is 1. The zero-order chi connectivity index (χ0) is 20.5. The summed E-state index contributed by atoms with van der Waals surface area (Å²) in [6.07, 6.45) is 1.01. The summed E-state index contributed by atoms with van der Waals surface area (Å²) in [5.41, 5.74) is -0.205. The number of hydrogen-bond acceptors (Lipinski definition) is 3. The largest absolute Gasteiger partial charge is 0.342 e. The maximum Gasteiger partial charge on any atom is 0.327 e. The molecule has 152 valence electrons. The Labute approximate surface area is 165 Å². The fraction of sp³-hybridized carbons (Fsp3) is 0.571. The molecular weight excluding hydrogens is 361 g/mol. The number of carbonyl (C=O) groups excluding carboxylic acids is 3. The molecule has 2 aliphatic heterocycles. The van der Waals surface area contributed by atoms with E-state index in [-0.39, 0.29) is 36.0 Å². The minimum atomic E-state index is -0.840. The van der Waals surface area contributed by atoms with E-state index in [1.165, 1.54) is 17.0 Å². The third-order valence-corrected chi connectivity index (χ3v) is 5.67. The first-order valence-electron chi connectivity index (χ1n) is 9.94. The predicted molar refractivity (Wildman–Crippen MR) is 103 cm³/mol. The third kappa shape index (κ3) is 3.62. The van der Waals surface area contributed by atoms with Crippen molar-refractivity contribution in [3.8, 4) is 0 Å². The first-order valence-corrected chi connectivity index (χ1v) is 9.94. The van der Waals surface area contributed by atoms with Crippen molar-refractivity contribution in [3.05, 3.63) is 35.6 Å². The van der Waals surface area contributed by atoms with Gasteiger partial charge in [-0.3, -0.25) is 14.5 Å². The number of likely N-dealkylation sites (tertiary alicyclic amines) is 1. The first kappa shape index (κ1) is 20.3. The van der Waals surface area contributed by atoms with E-state index in [4.69, 9.17) is 0 Å². The van der Waals surface area contributed by atoms with Gasteiger partial charge in [-0.25, -0.2) is 9.18 Å². The molecule has 6 nitrogen and oxygen atoms in total. The summed E-state index contributed by atoms with van der Waals surface area (Å²) in [7, 11) is 0. The SMILES string of the molecule is CCN1C(=O)N(CC(C)C)C2(CCN(C(=O)Cc3cccc(F)c3)CC2)C1=O. The number of urea groups is 1. The van der Waals surface area contributed by atoms with Gasteiger partial charge in [0.15, 0.2) is 0 Å². The van der Waals surface area contributed by atoms with E-state index >= 15 is 0 Å². The third-order valence-electron chi connectivity index (χ3n) is 5.67.